The molecule has 0 radical (unpaired) electrons. The molecule has 2 N–H and O–H groups in total. The molecule has 0 aliphatic heterocycles. The topological polar surface area (TPSA) is 92.9 Å². The molecular weight excluding hydrogens is 338 g/mol. The Balaban J connectivity index is 1.97. The van der Waals surface area contributed by atoms with Gasteiger partial charge in [0, 0.05) is 10.9 Å². The van der Waals surface area contributed by atoms with Crippen molar-refractivity contribution in [2.75, 3.05) is 5.73 Å². The minimum absolute atomic E-state index is 0.0816. The average molecular weight is 353 g/mol. The van der Waals surface area contributed by atoms with Crippen molar-refractivity contribution in [3.05, 3.63) is 82.2 Å². The van der Waals surface area contributed by atoms with E-state index < -0.39 is 5.63 Å². The SMILES string of the molecule is Cc1ccc(-c2cc(-c3cc4ccccc4oc3=O)nc(N)c2C#N)cc1. The fourth-order valence-electron chi connectivity index (χ4n) is 3.02. The van der Waals surface area contributed by atoms with Gasteiger partial charge in [-0.25, -0.2) is 9.78 Å². The molecular formula is C22H15N3O2. The lowest BCUT2D eigenvalue weighted by Crippen LogP contribution is -2.06. The Bertz CT molecular complexity index is 1270. The number of aromatic nitrogens is 1. The lowest BCUT2D eigenvalue weighted by Gasteiger charge is -2.10. The first-order chi connectivity index (χ1) is 13.1. The van der Waals surface area contributed by atoms with E-state index in [4.69, 9.17) is 10.2 Å². The molecule has 5 nitrogen and oxygen atoms in total. The molecule has 0 spiro atoms. The molecule has 0 aliphatic carbocycles. The van der Waals surface area contributed by atoms with E-state index in [1.807, 2.05) is 43.3 Å². The highest BCUT2D eigenvalue weighted by Gasteiger charge is 2.16. The number of aryl methyl sites for hydroxylation is 1. The summed E-state index contributed by atoms with van der Waals surface area (Å²) in [6.07, 6.45) is 0. The Kier molecular flexibility index (Phi) is 3.94. The van der Waals surface area contributed by atoms with Gasteiger partial charge in [-0.15, -0.1) is 0 Å². The quantitative estimate of drug-likeness (QED) is 0.543. The number of pyridine rings is 1. The minimum atomic E-state index is -0.500. The van der Waals surface area contributed by atoms with Crippen molar-refractivity contribution >= 4 is 16.8 Å². The molecule has 2 heterocycles. The van der Waals surface area contributed by atoms with E-state index in [9.17, 15) is 10.1 Å². The third-order valence-corrected chi connectivity index (χ3v) is 4.44. The number of nitrogens with two attached hydrogens (primary N) is 1. The van der Waals surface area contributed by atoms with Crippen LogP contribution in [0.3, 0.4) is 0 Å². The van der Waals surface area contributed by atoms with Crippen LogP contribution in [0.2, 0.25) is 0 Å². The lowest BCUT2D eigenvalue weighted by molar-refractivity contribution is 0.563. The summed E-state index contributed by atoms with van der Waals surface area (Å²) < 4.78 is 5.40. The maximum Gasteiger partial charge on any atom is 0.345 e. The maximum absolute atomic E-state index is 12.5. The van der Waals surface area contributed by atoms with Gasteiger partial charge in [-0.3, -0.25) is 0 Å². The first-order valence-electron chi connectivity index (χ1n) is 8.38. The van der Waals surface area contributed by atoms with E-state index >= 15 is 0 Å². The molecule has 0 saturated carbocycles. The zero-order chi connectivity index (χ0) is 19.0. The van der Waals surface area contributed by atoms with Gasteiger partial charge in [0.2, 0.25) is 0 Å². The normalized spacial score (nSPS) is 10.7. The van der Waals surface area contributed by atoms with Gasteiger partial charge in [-0.1, -0.05) is 48.0 Å². The number of rotatable bonds is 2. The molecule has 4 rings (SSSR count). The number of nitrogen functional groups attached to an aromatic ring is 1. The molecule has 0 unspecified atom stereocenters. The number of para-hydroxylation sites is 1. The second-order valence-electron chi connectivity index (χ2n) is 6.28. The first kappa shape index (κ1) is 16.6. The molecule has 4 aromatic rings. The monoisotopic (exact) mass is 353 g/mol. The van der Waals surface area contributed by atoms with Crippen LogP contribution in [-0.4, -0.2) is 4.98 Å². The fourth-order valence-corrected chi connectivity index (χ4v) is 3.02. The summed E-state index contributed by atoms with van der Waals surface area (Å²) in [6.45, 7) is 1.99. The van der Waals surface area contributed by atoms with Crippen LogP contribution in [-0.2, 0) is 0 Å². The number of fused-ring (bicyclic) bond motifs is 1. The molecule has 130 valence electrons. The minimum Gasteiger partial charge on any atom is -0.422 e. The van der Waals surface area contributed by atoms with Crippen LogP contribution in [0.5, 0.6) is 0 Å². The number of hydrogen-bond acceptors (Lipinski definition) is 5. The first-order valence-corrected chi connectivity index (χ1v) is 8.38. The van der Waals surface area contributed by atoms with Gasteiger partial charge in [-0.05, 0) is 30.7 Å². The Morgan fingerprint density at radius 2 is 1.78 bits per heavy atom. The Labute approximate surface area is 155 Å². The van der Waals surface area contributed by atoms with Crippen LogP contribution in [0.4, 0.5) is 5.82 Å². The highest BCUT2D eigenvalue weighted by Crippen LogP contribution is 2.31. The van der Waals surface area contributed by atoms with E-state index in [1.165, 1.54) is 0 Å². The van der Waals surface area contributed by atoms with E-state index in [0.717, 1.165) is 16.5 Å². The summed E-state index contributed by atoms with van der Waals surface area (Å²) >= 11 is 0. The third-order valence-electron chi connectivity index (χ3n) is 4.44. The number of nitrogens with zero attached hydrogens (tertiary/aromatic N) is 2. The number of hydrogen-bond donors (Lipinski definition) is 1. The van der Waals surface area contributed by atoms with Crippen molar-refractivity contribution in [3.8, 4) is 28.5 Å². The Hall–Kier alpha value is -3.91. The summed E-state index contributed by atoms with van der Waals surface area (Å²) in [4.78, 5) is 16.8. The maximum atomic E-state index is 12.5. The van der Waals surface area contributed by atoms with E-state index in [1.54, 1.807) is 24.3 Å². The van der Waals surface area contributed by atoms with Crippen LogP contribution in [0, 0.1) is 18.3 Å². The van der Waals surface area contributed by atoms with Crippen LogP contribution in [0.15, 0.2) is 69.9 Å². The van der Waals surface area contributed by atoms with Crippen molar-refractivity contribution in [1.82, 2.24) is 4.98 Å². The Morgan fingerprint density at radius 1 is 1.04 bits per heavy atom. The third kappa shape index (κ3) is 2.94. The molecule has 0 aliphatic rings. The zero-order valence-corrected chi connectivity index (χ0v) is 14.6. The van der Waals surface area contributed by atoms with Crippen molar-refractivity contribution < 1.29 is 4.42 Å². The highest BCUT2D eigenvalue weighted by molar-refractivity contribution is 5.84. The molecule has 0 fully saturated rings. The number of benzene rings is 2. The summed E-state index contributed by atoms with van der Waals surface area (Å²) in [6, 6.07) is 20.6. The lowest BCUT2D eigenvalue weighted by atomic mass is 9.98. The van der Waals surface area contributed by atoms with Crippen LogP contribution in [0.25, 0.3) is 33.4 Å². The summed E-state index contributed by atoms with van der Waals surface area (Å²) in [5.74, 6) is 0.0816. The molecule has 0 bridgehead atoms. The molecule has 27 heavy (non-hydrogen) atoms. The number of anilines is 1. The predicted molar refractivity (Wildman–Crippen MR) is 105 cm³/mol. The fraction of sp³-hybridized carbons (Fsp3) is 0.0455. The van der Waals surface area contributed by atoms with Crippen molar-refractivity contribution in [3.63, 3.8) is 0 Å². The van der Waals surface area contributed by atoms with Gasteiger partial charge in [0.15, 0.2) is 0 Å². The molecule has 0 amide bonds. The smallest absolute Gasteiger partial charge is 0.345 e. The van der Waals surface area contributed by atoms with E-state index in [-0.39, 0.29) is 11.4 Å². The second-order valence-corrected chi connectivity index (χ2v) is 6.28. The molecule has 5 heteroatoms. The Morgan fingerprint density at radius 3 is 2.52 bits per heavy atom. The second kappa shape index (κ2) is 6.43. The summed E-state index contributed by atoms with van der Waals surface area (Å²) in [7, 11) is 0. The van der Waals surface area contributed by atoms with Gasteiger partial charge in [0.25, 0.3) is 0 Å². The largest absolute Gasteiger partial charge is 0.422 e. The molecule has 2 aromatic carbocycles. The van der Waals surface area contributed by atoms with Gasteiger partial charge < -0.3 is 10.2 Å². The molecule has 0 atom stereocenters. The van der Waals surface area contributed by atoms with Gasteiger partial charge in [0.05, 0.1) is 11.3 Å². The van der Waals surface area contributed by atoms with Gasteiger partial charge in [-0.2, -0.15) is 5.26 Å². The summed E-state index contributed by atoms with van der Waals surface area (Å²) in [5, 5.41) is 10.3. The molecule has 0 saturated heterocycles. The van der Waals surface area contributed by atoms with Gasteiger partial charge >= 0.3 is 5.63 Å². The number of nitriles is 1. The zero-order valence-electron chi connectivity index (χ0n) is 14.6. The standard InChI is InChI=1S/C22H15N3O2/c1-13-6-8-14(9-7-13)16-11-19(25-21(24)18(16)12-23)17-10-15-4-2-3-5-20(15)27-22(17)26/h2-11H,1H3,(H2,24,25). The van der Waals surface area contributed by atoms with E-state index in [2.05, 4.69) is 11.1 Å². The summed E-state index contributed by atoms with van der Waals surface area (Å²) in [5.41, 5.74) is 9.57. The van der Waals surface area contributed by atoms with Crippen molar-refractivity contribution in [2.24, 2.45) is 0 Å². The molecule has 2 aromatic heterocycles. The van der Waals surface area contributed by atoms with Gasteiger partial charge in [0.1, 0.15) is 23.0 Å². The highest BCUT2D eigenvalue weighted by atomic mass is 16.4. The van der Waals surface area contributed by atoms with Crippen LogP contribution in [0.1, 0.15) is 11.1 Å². The van der Waals surface area contributed by atoms with Crippen LogP contribution >= 0.6 is 0 Å². The van der Waals surface area contributed by atoms with Crippen LogP contribution < -0.4 is 11.4 Å². The van der Waals surface area contributed by atoms with E-state index in [0.29, 0.717) is 22.4 Å². The average Bonchev–Trinajstić information content (AvgIpc) is 2.67. The predicted octanol–water partition coefficient (Wildman–Crippen LogP) is 4.28. The van der Waals surface area contributed by atoms with Crippen molar-refractivity contribution in [1.29, 1.82) is 5.26 Å². The van der Waals surface area contributed by atoms with Crippen molar-refractivity contribution in [2.45, 2.75) is 6.92 Å².